The summed E-state index contributed by atoms with van der Waals surface area (Å²) in [6.45, 7) is 0. The van der Waals surface area contributed by atoms with Gasteiger partial charge in [-0.2, -0.15) is 0 Å². The molecule has 1 aliphatic carbocycles. The Morgan fingerprint density at radius 1 is 0.900 bits per heavy atom. The van der Waals surface area contributed by atoms with Crippen molar-refractivity contribution in [1.82, 2.24) is 5.32 Å². The fourth-order valence-electron chi connectivity index (χ4n) is 3.86. The van der Waals surface area contributed by atoms with Crippen molar-refractivity contribution in [2.75, 3.05) is 5.32 Å². The molecule has 0 bridgehead atoms. The average Bonchev–Trinajstić information content (AvgIpc) is 3.25. The highest BCUT2D eigenvalue weighted by Gasteiger charge is 2.24. The van der Waals surface area contributed by atoms with Gasteiger partial charge in [-0.15, -0.1) is 0 Å². The maximum absolute atomic E-state index is 13.2. The summed E-state index contributed by atoms with van der Waals surface area (Å²) in [5, 5.41) is 15.4. The lowest BCUT2D eigenvalue weighted by molar-refractivity contribution is -0.118. The summed E-state index contributed by atoms with van der Waals surface area (Å²) in [4.78, 5) is 25.9. The molecule has 5 nitrogen and oxygen atoms in total. The number of fused-ring (bicyclic) bond motifs is 1. The van der Waals surface area contributed by atoms with Gasteiger partial charge in [-0.3, -0.25) is 9.59 Å². The average molecular weight is 400 g/mol. The fourth-order valence-corrected chi connectivity index (χ4v) is 3.86. The summed E-state index contributed by atoms with van der Waals surface area (Å²) >= 11 is 0. The molecular formula is C25H24N2O3. The van der Waals surface area contributed by atoms with E-state index in [0.29, 0.717) is 12.0 Å². The Kier molecular flexibility index (Phi) is 5.80. The lowest BCUT2D eigenvalue weighted by atomic mass is 10.0. The van der Waals surface area contributed by atoms with E-state index in [4.69, 9.17) is 0 Å². The normalized spacial score (nSPS) is 13.3. The maximum Gasteiger partial charge on any atom is 0.251 e. The number of phenolic OH excluding ortho intramolecular Hbond substituents is 1. The second kappa shape index (κ2) is 8.82. The zero-order valence-corrected chi connectivity index (χ0v) is 16.6. The first-order chi connectivity index (χ1) is 14.6. The summed E-state index contributed by atoms with van der Waals surface area (Å²) < 4.78 is 0. The van der Waals surface area contributed by atoms with Gasteiger partial charge in [0.2, 0.25) is 5.91 Å². The Balaban J connectivity index is 1.55. The predicted octanol–water partition coefficient (Wildman–Crippen LogP) is 3.86. The van der Waals surface area contributed by atoms with E-state index in [-0.39, 0.29) is 17.6 Å². The van der Waals surface area contributed by atoms with Crippen LogP contribution in [0.4, 0.5) is 5.69 Å². The van der Waals surface area contributed by atoms with E-state index in [2.05, 4.69) is 16.7 Å². The summed E-state index contributed by atoms with van der Waals surface area (Å²) in [6, 6.07) is 20.7. The Morgan fingerprint density at radius 3 is 2.43 bits per heavy atom. The van der Waals surface area contributed by atoms with Crippen molar-refractivity contribution in [2.45, 2.75) is 31.7 Å². The summed E-state index contributed by atoms with van der Waals surface area (Å²) in [5.41, 5.74) is 4.63. The van der Waals surface area contributed by atoms with Crippen LogP contribution in [0.5, 0.6) is 5.75 Å². The van der Waals surface area contributed by atoms with Gasteiger partial charge >= 0.3 is 0 Å². The third-order valence-corrected chi connectivity index (χ3v) is 5.44. The van der Waals surface area contributed by atoms with Crippen LogP contribution in [0.25, 0.3) is 0 Å². The van der Waals surface area contributed by atoms with E-state index in [1.807, 2.05) is 18.2 Å². The van der Waals surface area contributed by atoms with Crippen LogP contribution >= 0.6 is 0 Å². The molecular weight excluding hydrogens is 376 g/mol. The molecule has 3 aromatic rings. The Labute approximate surface area is 175 Å². The highest BCUT2D eigenvalue weighted by atomic mass is 16.3. The molecule has 0 saturated heterocycles. The summed E-state index contributed by atoms with van der Waals surface area (Å²) in [6.07, 6.45) is 3.38. The van der Waals surface area contributed by atoms with E-state index in [1.165, 1.54) is 11.1 Å². The van der Waals surface area contributed by atoms with Crippen molar-refractivity contribution in [3.05, 3.63) is 95.1 Å². The number of nitrogens with one attached hydrogen (secondary N) is 2. The Bertz CT molecular complexity index is 1050. The number of amides is 2. The van der Waals surface area contributed by atoms with Gasteiger partial charge in [0.05, 0.1) is 0 Å². The van der Waals surface area contributed by atoms with E-state index < -0.39 is 6.04 Å². The summed E-state index contributed by atoms with van der Waals surface area (Å²) in [5.74, 6) is -0.395. The number of aryl methyl sites for hydroxylation is 1. The number of benzene rings is 3. The molecule has 1 atom stereocenters. The van der Waals surface area contributed by atoms with Crippen molar-refractivity contribution in [2.24, 2.45) is 0 Å². The maximum atomic E-state index is 13.2. The van der Waals surface area contributed by atoms with Gasteiger partial charge < -0.3 is 15.7 Å². The van der Waals surface area contributed by atoms with E-state index in [0.717, 1.165) is 30.5 Å². The van der Waals surface area contributed by atoms with Gasteiger partial charge in [0.15, 0.2) is 0 Å². The minimum Gasteiger partial charge on any atom is -0.508 e. The van der Waals surface area contributed by atoms with Crippen LogP contribution in [-0.2, 0) is 24.1 Å². The third kappa shape index (κ3) is 4.51. The molecule has 3 aromatic carbocycles. The smallest absolute Gasteiger partial charge is 0.251 e. The van der Waals surface area contributed by atoms with E-state index >= 15 is 0 Å². The van der Waals surface area contributed by atoms with Crippen LogP contribution < -0.4 is 10.6 Å². The second-order valence-electron chi connectivity index (χ2n) is 7.55. The van der Waals surface area contributed by atoms with Gasteiger partial charge in [0, 0.05) is 17.7 Å². The highest BCUT2D eigenvalue weighted by molar-refractivity contribution is 6.01. The van der Waals surface area contributed by atoms with Crippen molar-refractivity contribution < 1.29 is 14.7 Å². The SMILES string of the molecule is O=C(NC(Cc1ccc(O)cc1)C(=O)Nc1cccc2c1CCC2)c1ccccc1. The van der Waals surface area contributed by atoms with Crippen molar-refractivity contribution in [3.63, 3.8) is 0 Å². The highest BCUT2D eigenvalue weighted by Crippen LogP contribution is 2.29. The first kappa shape index (κ1) is 19.7. The first-order valence-electron chi connectivity index (χ1n) is 10.2. The molecule has 152 valence electrons. The predicted molar refractivity (Wildman–Crippen MR) is 117 cm³/mol. The van der Waals surface area contributed by atoms with E-state index in [9.17, 15) is 14.7 Å². The van der Waals surface area contributed by atoms with Crippen molar-refractivity contribution in [1.29, 1.82) is 0 Å². The lowest BCUT2D eigenvalue weighted by Crippen LogP contribution is -2.45. The molecule has 0 radical (unpaired) electrons. The van der Waals surface area contributed by atoms with Crippen molar-refractivity contribution in [3.8, 4) is 5.75 Å². The van der Waals surface area contributed by atoms with Gasteiger partial charge in [0.25, 0.3) is 5.91 Å². The molecule has 0 saturated carbocycles. The third-order valence-electron chi connectivity index (χ3n) is 5.44. The molecule has 1 aliphatic rings. The quantitative estimate of drug-likeness (QED) is 0.588. The molecule has 30 heavy (non-hydrogen) atoms. The molecule has 4 rings (SSSR count). The van der Waals surface area contributed by atoms with Crippen LogP contribution in [0.15, 0.2) is 72.8 Å². The summed E-state index contributed by atoms with van der Waals surface area (Å²) in [7, 11) is 0. The number of carbonyl (C=O) groups is 2. The zero-order chi connectivity index (χ0) is 20.9. The molecule has 5 heteroatoms. The minimum atomic E-state index is -0.750. The Hall–Kier alpha value is -3.60. The number of rotatable bonds is 6. The minimum absolute atomic E-state index is 0.160. The first-order valence-corrected chi connectivity index (χ1v) is 10.2. The molecule has 0 aliphatic heterocycles. The number of hydrogen-bond acceptors (Lipinski definition) is 3. The van der Waals surface area contributed by atoms with Crippen LogP contribution in [0.2, 0.25) is 0 Å². The number of phenols is 1. The molecule has 0 aromatic heterocycles. The topological polar surface area (TPSA) is 78.4 Å². The van der Waals surface area contributed by atoms with E-state index in [1.54, 1.807) is 48.5 Å². The Morgan fingerprint density at radius 2 is 1.67 bits per heavy atom. The van der Waals surface area contributed by atoms with Crippen LogP contribution in [0.3, 0.4) is 0 Å². The molecule has 0 fully saturated rings. The molecule has 1 unspecified atom stereocenters. The molecule has 0 heterocycles. The van der Waals surface area contributed by atoms with Gasteiger partial charge in [-0.1, -0.05) is 42.5 Å². The standard InChI is InChI=1S/C25H24N2O3/c28-20-14-12-17(13-15-20)16-23(27-24(29)19-6-2-1-3-7-19)25(30)26-22-11-5-9-18-8-4-10-21(18)22/h1-3,5-7,9,11-15,23,28H,4,8,10,16H2,(H,26,30)(H,27,29). The fraction of sp³-hybridized carbons (Fsp3) is 0.200. The zero-order valence-electron chi connectivity index (χ0n) is 16.6. The molecule has 0 spiro atoms. The second-order valence-corrected chi connectivity index (χ2v) is 7.55. The molecule has 3 N–H and O–H groups in total. The lowest BCUT2D eigenvalue weighted by Gasteiger charge is -2.20. The van der Waals surface area contributed by atoms with Gasteiger partial charge in [0.1, 0.15) is 11.8 Å². The largest absolute Gasteiger partial charge is 0.508 e. The van der Waals surface area contributed by atoms with Crippen molar-refractivity contribution >= 4 is 17.5 Å². The van der Waals surface area contributed by atoms with Crippen LogP contribution in [0, 0.1) is 0 Å². The number of anilines is 1. The van der Waals surface area contributed by atoms with Crippen LogP contribution in [0.1, 0.15) is 33.5 Å². The number of hydrogen-bond donors (Lipinski definition) is 3. The monoisotopic (exact) mass is 400 g/mol. The van der Waals surface area contributed by atoms with Crippen LogP contribution in [-0.4, -0.2) is 23.0 Å². The number of aromatic hydroxyl groups is 1. The van der Waals surface area contributed by atoms with Gasteiger partial charge in [-0.05, 0) is 66.3 Å². The van der Waals surface area contributed by atoms with Gasteiger partial charge in [-0.25, -0.2) is 0 Å². The molecule has 2 amide bonds. The number of carbonyl (C=O) groups excluding carboxylic acids is 2.